The second-order valence-electron chi connectivity index (χ2n) is 4.88. The van der Waals surface area contributed by atoms with E-state index in [-0.39, 0.29) is 5.91 Å². The minimum Gasteiger partial charge on any atom is -0.347 e. The summed E-state index contributed by atoms with van der Waals surface area (Å²) in [4.78, 5) is 13.5. The van der Waals surface area contributed by atoms with Crippen LogP contribution >= 0.6 is 0 Å². The van der Waals surface area contributed by atoms with E-state index < -0.39 is 6.04 Å². The topological polar surface area (TPSA) is 46.3 Å². The first kappa shape index (κ1) is 13.7. The van der Waals surface area contributed by atoms with Crippen molar-refractivity contribution in [2.24, 2.45) is 5.73 Å². The SMILES string of the molecule is Cc1cc(C)c(C)c(C(N)C(=O)N(C)C)c1C. The smallest absolute Gasteiger partial charge is 0.243 e. The second-order valence-corrected chi connectivity index (χ2v) is 4.88. The molecule has 0 radical (unpaired) electrons. The molecule has 0 saturated heterocycles. The van der Waals surface area contributed by atoms with Crippen LogP contribution in [0.4, 0.5) is 0 Å². The minimum atomic E-state index is -0.566. The Bertz CT molecular complexity index is 424. The van der Waals surface area contributed by atoms with Gasteiger partial charge in [0.15, 0.2) is 0 Å². The predicted molar refractivity (Wildman–Crippen MR) is 71.0 cm³/mol. The zero-order valence-electron chi connectivity index (χ0n) is 11.6. The Morgan fingerprint density at radius 2 is 1.53 bits per heavy atom. The van der Waals surface area contributed by atoms with E-state index in [0.717, 1.165) is 16.7 Å². The van der Waals surface area contributed by atoms with E-state index in [1.807, 2.05) is 13.8 Å². The maximum absolute atomic E-state index is 12.0. The molecule has 1 amide bonds. The summed E-state index contributed by atoms with van der Waals surface area (Å²) in [7, 11) is 3.46. The Labute approximate surface area is 104 Å². The Morgan fingerprint density at radius 1 is 1.12 bits per heavy atom. The molecule has 1 aromatic carbocycles. The number of likely N-dealkylation sites (N-methyl/N-ethyl adjacent to an activating group) is 1. The van der Waals surface area contributed by atoms with E-state index in [1.165, 1.54) is 11.1 Å². The number of nitrogens with zero attached hydrogens (tertiary/aromatic N) is 1. The van der Waals surface area contributed by atoms with Crippen molar-refractivity contribution in [2.75, 3.05) is 14.1 Å². The minimum absolute atomic E-state index is 0.0544. The lowest BCUT2D eigenvalue weighted by atomic mass is 9.89. The van der Waals surface area contributed by atoms with Gasteiger partial charge in [0.05, 0.1) is 0 Å². The highest BCUT2D eigenvalue weighted by molar-refractivity contribution is 5.83. The van der Waals surface area contributed by atoms with E-state index in [9.17, 15) is 4.79 Å². The van der Waals surface area contributed by atoms with Gasteiger partial charge >= 0.3 is 0 Å². The summed E-state index contributed by atoms with van der Waals surface area (Å²) in [6.45, 7) is 8.16. The van der Waals surface area contributed by atoms with Gasteiger partial charge in [0, 0.05) is 14.1 Å². The molecule has 94 valence electrons. The lowest BCUT2D eigenvalue weighted by Crippen LogP contribution is -2.34. The maximum Gasteiger partial charge on any atom is 0.243 e. The molecule has 2 N–H and O–H groups in total. The Morgan fingerprint density at radius 3 is 1.88 bits per heavy atom. The van der Waals surface area contributed by atoms with Crippen molar-refractivity contribution in [3.63, 3.8) is 0 Å². The van der Waals surface area contributed by atoms with Gasteiger partial charge in [0.1, 0.15) is 6.04 Å². The quantitative estimate of drug-likeness (QED) is 0.851. The third-order valence-electron chi connectivity index (χ3n) is 3.44. The molecular formula is C14H22N2O. The van der Waals surface area contributed by atoms with Crippen LogP contribution < -0.4 is 5.73 Å². The fourth-order valence-electron chi connectivity index (χ4n) is 2.12. The highest BCUT2D eigenvalue weighted by Crippen LogP contribution is 2.26. The summed E-state index contributed by atoms with van der Waals surface area (Å²) in [6.07, 6.45) is 0. The lowest BCUT2D eigenvalue weighted by molar-refractivity contribution is -0.130. The van der Waals surface area contributed by atoms with Crippen LogP contribution in [0.5, 0.6) is 0 Å². The molecule has 0 aliphatic rings. The number of carbonyl (C=O) groups is 1. The van der Waals surface area contributed by atoms with Gasteiger partial charge < -0.3 is 10.6 Å². The molecule has 0 aliphatic heterocycles. The molecule has 0 aliphatic carbocycles. The molecule has 1 unspecified atom stereocenters. The first-order valence-electron chi connectivity index (χ1n) is 5.81. The van der Waals surface area contributed by atoms with Crippen LogP contribution in [0.1, 0.15) is 33.9 Å². The highest BCUT2D eigenvalue weighted by Gasteiger charge is 2.22. The van der Waals surface area contributed by atoms with Crippen LogP contribution in [0, 0.1) is 27.7 Å². The number of amides is 1. The monoisotopic (exact) mass is 234 g/mol. The summed E-state index contributed by atoms with van der Waals surface area (Å²) in [5.74, 6) is -0.0544. The number of carbonyl (C=O) groups excluding carboxylic acids is 1. The second kappa shape index (κ2) is 4.88. The summed E-state index contributed by atoms with van der Waals surface area (Å²) >= 11 is 0. The van der Waals surface area contributed by atoms with Gasteiger partial charge in [-0.25, -0.2) is 0 Å². The van der Waals surface area contributed by atoms with Gasteiger partial charge in [-0.15, -0.1) is 0 Å². The van der Waals surface area contributed by atoms with Crippen LogP contribution in [-0.4, -0.2) is 24.9 Å². The summed E-state index contributed by atoms with van der Waals surface area (Å²) in [6, 6.07) is 1.57. The number of hydrogen-bond acceptors (Lipinski definition) is 2. The third-order valence-corrected chi connectivity index (χ3v) is 3.44. The van der Waals surface area contributed by atoms with Crippen LogP contribution in [0.25, 0.3) is 0 Å². The molecule has 0 saturated carbocycles. The van der Waals surface area contributed by atoms with E-state index in [4.69, 9.17) is 5.73 Å². The molecule has 3 nitrogen and oxygen atoms in total. The summed E-state index contributed by atoms with van der Waals surface area (Å²) < 4.78 is 0. The fourth-order valence-corrected chi connectivity index (χ4v) is 2.12. The van der Waals surface area contributed by atoms with E-state index in [0.29, 0.717) is 0 Å². The van der Waals surface area contributed by atoms with Crippen LogP contribution in [0.2, 0.25) is 0 Å². The zero-order chi connectivity index (χ0) is 13.3. The predicted octanol–water partition coefficient (Wildman–Crippen LogP) is 2.01. The molecule has 0 spiro atoms. The number of hydrogen-bond donors (Lipinski definition) is 1. The van der Waals surface area contributed by atoms with Crippen molar-refractivity contribution in [3.05, 3.63) is 33.9 Å². The molecule has 1 atom stereocenters. The Kier molecular flexibility index (Phi) is 3.94. The van der Waals surface area contributed by atoms with Gasteiger partial charge in [-0.1, -0.05) is 6.07 Å². The molecule has 1 rings (SSSR count). The Balaban J connectivity index is 3.35. The molecule has 3 heteroatoms. The maximum atomic E-state index is 12.0. The van der Waals surface area contributed by atoms with Crippen molar-refractivity contribution in [2.45, 2.75) is 33.7 Å². The molecule has 0 fully saturated rings. The lowest BCUT2D eigenvalue weighted by Gasteiger charge is -2.22. The van der Waals surface area contributed by atoms with Crippen molar-refractivity contribution in [3.8, 4) is 0 Å². The average Bonchev–Trinajstić information content (AvgIpc) is 2.25. The van der Waals surface area contributed by atoms with Crippen molar-refractivity contribution in [1.29, 1.82) is 0 Å². The van der Waals surface area contributed by atoms with E-state index >= 15 is 0 Å². The molecular weight excluding hydrogens is 212 g/mol. The number of aryl methyl sites for hydroxylation is 2. The van der Waals surface area contributed by atoms with Crippen LogP contribution in [0.15, 0.2) is 6.07 Å². The van der Waals surface area contributed by atoms with Gasteiger partial charge in [0.2, 0.25) is 5.91 Å². The molecule has 17 heavy (non-hydrogen) atoms. The van der Waals surface area contributed by atoms with Gasteiger partial charge in [-0.3, -0.25) is 4.79 Å². The molecule has 0 bridgehead atoms. The number of nitrogens with two attached hydrogens (primary N) is 1. The third kappa shape index (κ3) is 2.50. The van der Waals surface area contributed by atoms with Gasteiger partial charge in [-0.2, -0.15) is 0 Å². The molecule has 0 aromatic heterocycles. The van der Waals surface area contributed by atoms with E-state index in [1.54, 1.807) is 19.0 Å². The fraction of sp³-hybridized carbons (Fsp3) is 0.500. The Hall–Kier alpha value is -1.35. The zero-order valence-corrected chi connectivity index (χ0v) is 11.6. The number of rotatable bonds is 2. The number of benzene rings is 1. The summed E-state index contributed by atoms with van der Waals surface area (Å²) in [5, 5.41) is 0. The largest absolute Gasteiger partial charge is 0.347 e. The van der Waals surface area contributed by atoms with Crippen molar-refractivity contribution in [1.82, 2.24) is 4.90 Å². The van der Waals surface area contributed by atoms with E-state index in [2.05, 4.69) is 19.9 Å². The molecule has 1 aromatic rings. The highest BCUT2D eigenvalue weighted by atomic mass is 16.2. The van der Waals surface area contributed by atoms with Crippen LogP contribution in [0.3, 0.4) is 0 Å². The average molecular weight is 234 g/mol. The van der Waals surface area contributed by atoms with Crippen molar-refractivity contribution >= 4 is 5.91 Å². The first-order chi connectivity index (χ1) is 7.77. The van der Waals surface area contributed by atoms with Crippen molar-refractivity contribution < 1.29 is 4.79 Å². The first-order valence-corrected chi connectivity index (χ1v) is 5.81. The van der Waals surface area contributed by atoms with Gasteiger partial charge in [-0.05, 0) is 55.5 Å². The van der Waals surface area contributed by atoms with Crippen LogP contribution in [-0.2, 0) is 4.79 Å². The summed E-state index contributed by atoms with van der Waals surface area (Å²) in [5.41, 5.74) is 11.7. The normalized spacial score (nSPS) is 12.4. The standard InChI is InChI=1S/C14H22N2O/c1-8-7-9(2)11(4)12(10(8)3)13(15)14(17)16(5)6/h7,13H,15H2,1-6H3. The molecule has 0 heterocycles. The van der Waals surface area contributed by atoms with Gasteiger partial charge in [0.25, 0.3) is 0 Å².